The topological polar surface area (TPSA) is 80.3 Å². The number of guanidine groups is 1. The van der Waals surface area contributed by atoms with E-state index in [1.54, 1.807) is 6.26 Å². The number of aromatic nitrogens is 3. The summed E-state index contributed by atoms with van der Waals surface area (Å²) < 4.78 is 6.69. The molecule has 0 saturated heterocycles. The smallest absolute Gasteiger partial charge is 0.191 e. The molecule has 7 heteroatoms. The predicted molar refractivity (Wildman–Crippen MR) is 80.8 cm³/mol. The van der Waals surface area contributed by atoms with Gasteiger partial charge >= 0.3 is 0 Å². The van der Waals surface area contributed by atoms with Crippen molar-refractivity contribution in [2.24, 2.45) is 12.0 Å². The van der Waals surface area contributed by atoms with E-state index in [1.165, 1.54) is 0 Å². The van der Waals surface area contributed by atoms with Crippen LogP contribution in [0.4, 0.5) is 0 Å². The zero-order chi connectivity index (χ0) is 15.2. The molecule has 2 rings (SSSR count). The van der Waals surface area contributed by atoms with E-state index < -0.39 is 0 Å². The summed E-state index contributed by atoms with van der Waals surface area (Å²) in [5.41, 5.74) is 4.17. The summed E-state index contributed by atoms with van der Waals surface area (Å²) >= 11 is 0. The van der Waals surface area contributed by atoms with Crippen molar-refractivity contribution in [3.05, 3.63) is 35.0 Å². The zero-order valence-corrected chi connectivity index (χ0v) is 13.0. The maximum atomic E-state index is 4.81. The van der Waals surface area contributed by atoms with E-state index >= 15 is 0 Å². The average Bonchev–Trinajstić information content (AvgIpc) is 3.04. The summed E-state index contributed by atoms with van der Waals surface area (Å²) in [7, 11) is 1.95. The average molecular weight is 290 g/mol. The van der Waals surface area contributed by atoms with Crippen LogP contribution in [-0.4, -0.2) is 27.4 Å². The molecular weight excluding hydrogens is 268 g/mol. The van der Waals surface area contributed by atoms with E-state index in [-0.39, 0.29) is 0 Å². The van der Waals surface area contributed by atoms with Gasteiger partial charge in [-0.3, -0.25) is 4.68 Å². The fraction of sp³-hybridized carbons (Fsp3) is 0.500. The number of rotatable bonds is 5. The summed E-state index contributed by atoms with van der Waals surface area (Å²) in [5, 5.41) is 14.7. The lowest BCUT2D eigenvalue weighted by Gasteiger charge is -2.10. The van der Waals surface area contributed by atoms with Crippen LogP contribution in [0.25, 0.3) is 0 Å². The summed E-state index contributed by atoms with van der Waals surface area (Å²) in [6.45, 7) is 8.07. The first-order valence-electron chi connectivity index (χ1n) is 7.02. The fourth-order valence-corrected chi connectivity index (χ4v) is 2.05. The first kappa shape index (κ1) is 15.1. The largest absolute Gasteiger partial charge is 0.364 e. The summed E-state index contributed by atoms with van der Waals surface area (Å²) in [5.74, 6) is 0.753. The van der Waals surface area contributed by atoms with E-state index in [2.05, 4.69) is 32.8 Å². The number of aliphatic imine (C=N–C) groups is 1. The van der Waals surface area contributed by atoms with Crippen LogP contribution < -0.4 is 10.6 Å². The van der Waals surface area contributed by atoms with Crippen molar-refractivity contribution in [1.82, 2.24) is 25.6 Å². The first-order valence-corrected chi connectivity index (χ1v) is 7.02. The Morgan fingerprint density at radius 2 is 2.19 bits per heavy atom. The summed E-state index contributed by atoms with van der Waals surface area (Å²) in [4.78, 5) is 4.60. The molecule has 2 N–H and O–H groups in total. The van der Waals surface area contributed by atoms with Crippen molar-refractivity contribution < 1.29 is 4.52 Å². The maximum Gasteiger partial charge on any atom is 0.191 e. The Bertz CT molecular complexity index is 599. The maximum absolute atomic E-state index is 4.81. The minimum atomic E-state index is 0.577. The third-order valence-electron chi connectivity index (χ3n) is 3.33. The van der Waals surface area contributed by atoms with Gasteiger partial charge in [-0.2, -0.15) is 5.10 Å². The molecule has 0 aromatic carbocycles. The standard InChI is InChI=1S/C14H22N6O/c1-5-15-14(16-8-12-6-7-21-19-12)17-9-13-10(2)18-20(4)11(13)3/h6-7H,5,8-9H2,1-4H3,(H2,15,16,17). The molecule has 0 aliphatic carbocycles. The lowest BCUT2D eigenvalue weighted by atomic mass is 10.2. The molecule has 2 heterocycles. The van der Waals surface area contributed by atoms with E-state index in [0.29, 0.717) is 13.1 Å². The van der Waals surface area contributed by atoms with Crippen LogP contribution in [0.2, 0.25) is 0 Å². The second-order valence-corrected chi connectivity index (χ2v) is 4.81. The molecule has 0 amide bonds. The normalized spacial score (nSPS) is 11.7. The molecule has 21 heavy (non-hydrogen) atoms. The van der Waals surface area contributed by atoms with Gasteiger partial charge in [-0.1, -0.05) is 5.16 Å². The number of nitrogens with one attached hydrogen (secondary N) is 2. The van der Waals surface area contributed by atoms with E-state index in [9.17, 15) is 0 Å². The van der Waals surface area contributed by atoms with E-state index in [1.807, 2.05) is 31.6 Å². The van der Waals surface area contributed by atoms with Gasteiger partial charge in [0.05, 0.1) is 18.8 Å². The Hall–Kier alpha value is -2.31. The zero-order valence-electron chi connectivity index (χ0n) is 13.0. The van der Waals surface area contributed by atoms with Crippen LogP contribution in [0.1, 0.15) is 29.6 Å². The van der Waals surface area contributed by atoms with Crippen molar-refractivity contribution >= 4 is 5.96 Å². The lowest BCUT2D eigenvalue weighted by molar-refractivity contribution is 0.410. The minimum Gasteiger partial charge on any atom is -0.364 e. The van der Waals surface area contributed by atoms with Crippen molar-refractivity contribution in [2.75, 3.05) is 6.54 Å². The van der Waals surface area contributed by atoms with Crippen LogP contribution in [-0.2, 0) is 20.1 Å². The summed E-state index contributed by atoms with van der Waals surface area (Å²) in [6, 6.07) is 1.83. The Labute approximate surface area is 124 Å². The van der Waals surface area contributed by atoms with Crippen LogP contribution in [0.15, 0.2) is 21.8 Å². The number of aryl methyl sites for hydroxylation is 2. The fourth-order valence-electron chi connectivity index (χ4n) is 2.05. The molecule has 0 aliphatic heterocycles. The molecule has 0 spiro atoms. The minimum absolute atomic E-state index is 0.577. The Balaban J connectivity index is 2.03. The second kappa shape index (κ2) is 6.92. The van der Waals surface area contributed by atoms with Gasteiger partial charge in [-0.15, -0.1) is 0 Å². The first-order chi connectivity index (χ1) is 10.1. The van der Waals surface area contributed by atoms with Crippen molar-refractivity contribution in [3.8, 4) is 0 Å². The molecule has 0 aliphatic rings. The molecule has 2 aromatic heterocycles. The molecule has 0 bridgehead atoms. The van der Waals surface area contributed by atoms with Gasteiger partial charge in [0.15, 0.2) is 5.96 Å². The van der Waals surface area contributed by atoms with E-state index in [0.717, 1.165) is 35.1 Å². The monoisotopic (exact) mass is 290 g/mol. The molecular formula is C14H22N6O. The number of nitrogens with zero attached hydrogens (tertiary/aromatic N) is 4. The molecule has 114 valence electrons. The highest BCUT2D eigenvalue weighted by atomic mass is 16.5. The summed E-state index contributed by atoms with van der Waals surface area (Å²) in [6.07, 6.45) is 1.56. The second-order valence-electron chi connectivity index (χ2n) is 4.81. The highest BCUT2D eigenvalue weighted by molar-refractivity contribution is 5.79. The molecule has 2 aromatic rings. The van der Waals surface area contributed by atoms with Gasteiger partial charge in [0.1, 0.15) is 12.0 Å². The predicted octanol–water partition coefficient (Wildman–Crippen LogP) is 1.28. The molecule has 7 nitrogen and oxygen atoms in total. The van der Waals surface area contributed by atoms with Crippen molar-refractivity contribution in [3.63, 3.8) is 0 Å². The van der Waals surface area contributed by atoms with Gasteiger partial charge in [-0.05, 0) is 20.8 Å². The molecule has 0 atom stereocenters. The molecule has 0 radical (unpaired) electrons. The Morgan fingerprint density at radius 1 is 1.38 bits per heavy atom. The van der Waals surface area contributed by atoms with Crippen LogP contribution in [0.3, 0.4) is 0 Å². The third kappa shape index (κ3) is 3.84. The van der Waals surface area contributed by atoms with Crippen LogP contribution in [0, 0.1) is 13.8 Å². The van der Waals surface area contributed by atoms with Gasteiger partial charge in [0.25, 0.3) is 0 Å². The highest BCUT2D eigenvalue weighted by Crippen LogP contribution is 2.12. The quantitative estimate of drug-likeness (QED) is 0.640. The Morgan fingerprint density at radius 3 is 2.76 bits per heavy atom. The lowest BCUT2D eigenvalue weighted by Crippen LogP contribution is -2.36. The highest BCUT2D eigenvalue weighted by Gasteiger charge is 2.09. The number of hydrogen-bond donors (Lipinski definition) is 2. The number of hydrogen-bond acceptors (Lipinski definition) is 4. The SMILES string of the molecule is CCNC(=NCc1c(C)nn(C)c1C)NCc1ccon1. The molecule has 0 unspecified atom stereocenters. The van der Waals surface area contributed by atoms with Gasteiger partial charge in [0, 0.05) is 30.9 Å². The van der Waals surface area contributed by atoms with Gasteiger partial charge < -0.3 is 15.2 Å². The van der Waals surface area contributed by atoms with Gasteiger partial charge in [0.2, 0.25) is 0 Å². The van der Waals surface area contributed by atoms with Crippen LogP contribution >= 0.6 is 0 Å². The van der Waals surface area contributed by atoms with Crippen LogP contribution in [0.5, 0.6) is 0 Å². The van der Waals surface area contributed by atoms with Crippen molar-refractivity contribution in [1.29, 1.82) is 0 Å². The molecule has 0 fully saturated rings. The van der Waals surface area contributed by atoms with Gasteiger partial charge in [-0.25, -0.2) is 4.99 Å². The third-order valence-corrected chi connectivity index (χ3v) is 3.33. The van der Waals surface area contributed by atoms with E-state index in [4.69, 9.17) is 4.52 Å². The molecule has 0 saturated carbocycles. The van der Waals surface area contributed by atoms with Crippen molar-refractivity contribution in [2.45, 2.75) is 33.9 Å². The Kier molecular flexibility index (Phi) is 4.97.